The van der Waals surface area contributed by atoms with Gasteiger partial charge in [0.05, 0.1) is 5.41 Å². The Labute approximate surface area is 134 Å². The molecule has 1 unspecified atom stereocenters. The molecule has 1 saturated heterocycles. The number of hydrogen-bond donors (Lipinski definition) is 1. The van der Waals surface area contributed by atoms with E-state index >= 15 is 0 Å². The molecule has 0 bridgehead atoms. The van der Waals surface area contributed by atoms with E-state index in [-0.39, 0.29) is 12.5 Å². The van der Waals surface area contributed by atoms with Crippen LogP contribution in [0.2, 0.25) is 0 Å². The molecule has 2 aromatic rings. The highest BCUT2D eigenvalue weighted by atomic mass is 16.4. The van der Waals surface area contributed by atoms with Crippen LogP contribution in [0, 0.1) is 5.41 Å². The Morgan fingerprint density at radius 2 is 2.04 bits per heavy atom. The van der Waals surface area contributed by atoms with Crippen LogP contribution in [0.25, 0.3) is 17.0 Å². The van der Waals surface area contributed by atoms with Crippen LogP contribution in [0.4, 0.5) is 0 Å². The molecule has 1 N–H and O–H groups in total. The Morgan fingerprint density at radius 1 is 1.30 bits per heavy atom. The summed E-state index contributed by atoms with van der Waals surface area (Å²) < 4.78 is 2.02. The number of carbonyl (C=O) groups excluding carboxylic acids is 1. The molecule has 5 nitrogen and oxygen atoms in total. The van der Waals surface area contributed by atoms with Gasteiger partial charge in [0, 0.05) is 48.9 Å². The predicted molar refractivity (Wildman–Crippen MR) is 88.9 cm³/mol. The summed E-state index contributed by atoms with van der Waals surface area (Å²) in [6, 6.07) is 8.02. The third kappa shape index (κ3) is 2.74. The van der Waals surface area contributed by atoms with Gasteiger partial charge in [0.1, 0.15) is 0 Å². The summed E-state index contributed by atoms with van der Waals surface area (Å²) in [5.74, 6) is -0.978. The van der Waals surface area contributed by atoms with Crippen molar-refractivity contribution in [2.45, 2.75) is 13.3 Å². The second-order valence-corrected chi connectivity index (χ2v) is 6.42. The number of amides is 1. The second kappa shape index (κ2) is 5.57. The highest BCUT2D eigenvalue weighted by Crippen LogP contribution is 2.30. The first-order chi connectivity index (χ1) is 10.9. The fourth-order valence-electron chi connectivity index (χ4n) is 3.10. The van der Waals surface area contributed by atoms with Crippen LogP contribution in [0.15, 0.2) is 36.5 Å². The summed E-state index contributed by atoms with van der Waals surface area (Å²) in [6.07, 6.45) is 5.83. The summed E-state index contributed by atoms with van der Waals surface area (Å²) in [5, 5.41) is 10.3. The quantitative estimate of drug-likeness (QED) is 0.886. The van der Waals surface area contributed by atoms with Crippen molar-refractivity contribution in [3.63, 3.8) is 0 Å². The summed E-state index contributed by atoms with van der Waals surface area (Å²) >= 11 is 0. The van der Waals surface area contributed by atoms with E-state index in [2.05, 4.69) is 0 Å². The maximum atomic E-state index is 12.3. The standard InChI is InChI=1S/C18H20N2O3/c1-18(17(22)23)9-10-20(12-18)16(21)8-7-13-11-19(2)15-6-4-3-5-14(13)15/h3-8,11H,9-10,12H2,1-2H3,(H,22,23)/b8-7+. The molecule has 1 amide bonds. The lowest BCUT2D eigenvalue weighted by molar-refractivity contribution is -0.147. The number of aliphatic carboxylic acids is 1. The van der Waals surface area contributed by atoms with Gasteiger partial charge in [0.15, 0.2) is 0 Å². The van der Waals surface area contributed by atoms with E-state index in [1.807, 2.05) is 42.1 Å². The van der Waals surface area contributed by atoms with Gasteiger partial charge >= 0.3 is 5.97 Å². The molecule has 1 aliphatic rings. The summed E-state index contributed by atoms with van der Waals surface area (Å²) in [6.45, 7) is 2.44. The number of hydrogen-bond acceptors (Lipinski definition) is 2. The molecular weight excluding hydrogens is 292 g/mol. The van der Waals surface area contributed by atoms with Crippen molar-refractivity contribution in [3.8, 4) is 0 Å². The first-order valence-corrected chi connectivity index (χ1v) is 7.65. The number of aromatic nitrogens is 1. The number of likely N-dealkylation sites (tertiary alicyclic amines) is 1. The van der Waals surface area contributed by atoms with Crippen LogP contribution in [-0.2, 0) is 16.6 Å². The fourth-order valence-corrected chi connectivity index (χ4v) is 3.10. The van der Waals surface area contributed by atoms with Crippen molar-refractivity contribution in [2.75, 3.05) is 13.1 Å². The van der Waals surface area contributed by atoms with Crippen LogP contribution in [0.5, 0.6) is 0 Å². The Hall–Kier alpha value is -2.56. The molecule has 0 spiro atoms. The molecule has 1 fully saturated rings. The third-order valence-corrected chi connectivity index (χ3v) is 4.63. The van der Waals surface area contributed by atoms with E-state index in [0.717, 1.165) is 16.5 Å². The maximum absolute atomic E-state index is 12.3. The van der Waals surface area contributed by atoms with E-state index in [9.17, 15) is 14.7 Å². The number of para-hydroxylation sites is 1. The van der Waals surface area contributed by atoms with Gasteiger partial charge < -0.3 is 14.6 Å². The zero-order valence-electron chi connectivity index (χ0n) is 13.3. The highest BCUT2D eigenvalue weighted by Gasteiger charge is 2.41. The van der Waals surface area contributed by atoms with E-state index in [1.165, 1.54) is 6.08 Å². The average molecular weight is 312 g/mol. The third-order valence-electron chi connectivity index (χ3n) is 4.63. The largest absolute Gasteiger partial charge is 0.481 e. The van der Waals surface area contributed by atoms with E-state index in [4.69, 9.17) is 0 Å². The van der Waals surface area contributed by atoms with E-state index < -0.39 is 11.4 Å². The van der Waals surface area contributed by atoms with Crippen LogP contribution in [0.3, 0.4) is 0 Å². The molecule has 3 rings (SSSR count). The fraction of sp³-hybridized carbons (Fsp3) is 0.333. The van der Waals surface area contributed by atoms with Gasteiger partial charge in [-0.05, 0) is 25.5 Å². The number of carboxylic acid groups (broad SMARTS) is 1. The number of rotatable bonds is 3. The van der Waals surface area contributed by atoms with Gasteiger partial charge in [-0.2, -0.15) is 0 Å². The minimum atomic E-state index is -0.842. The highest BCUT2D eigenvalue weighted by molar-refractivity contribution is 5.96. The zero-order valence-corrected chi connectivity index (χ0v) is 13.3. The first-order valence-electron chi connectivity index (χ1n) is 7.65. The van der Waals surface area contributed by atoms with Gasteiger partial charge in [-0.3, -0.25) is 9.59 Å². The lowest BCUT2D eigenvalue weighted by atomic mass is 9.90. The monoisotopic (exact) mass is 312 g/mol. The molecular formula is C18H20N2O3. The minimum absolute atomic E-state index is 0.136. The Kier molecular flexibility index (Phi) is 3.72. The van der Waals surface area contributed by atoms with E-state index in [0.29, 0.717) is 13.0 Å². The lowest BCUT2D eigenvalue weighted by Gasteiger charge is -2.18. The number of aryl methyl sites for hydroxylation is 1. The van der Waals surface area contributed by atoms with Crippen molar-refractivity contribution in [3.05, 3.63) is 42.1 Å². The molecule has 2 heterocycles. The number of benzene rings is 1. The number of nitrogens with zero attached hydrogens (tertiary/aromatic N) is 2. The first kappa shape index (κ1) is 15.3. The van der Waals surface area contributed by atoms with Gasteiger partial charge in [-0.25, -0.2) is 0 Å². The van der Waals surface area contributed by atoms with Crippen molar-refractivity contribution >= 4 is 28.9 Å². The number of fused-ring (bicyclic) bond motifs is 1. The summed E-state index contributed by atoms with van der Waals surface area (Å²) in [7, 11) is 1.97. The SMILES string of the molecule is Cn1cc(/C=C/C(=O)N2CCC(C)(C(=O)O)C2)c2ccccc21. The lowest BCUT2D eigenvalue weighted by Crippen LogP contribution is -2.34. The average Bonchev–Trinajstić information content (AvgIpc) is 3.08. The molecule has 1 aliphatic heterocycles. The smallest absolute Gasteiger partial charge is 0.311 e. The van der Waals surface area contributed by atoms with Crippen LogP contribution in [-0.4, -0.2) is 39.5 Å². The number of carbonyl (C=O) groups is 2. The van der Waals surface area contributed by atoms with Gasteiger partial charge in [-0.15, -0.1) is 0 Å². The Morgan fingerprint density at radius 3 is 2.74 bits per heavy atom. The molecule has 1 aromatic heterocycles. The summed E-state index contributed by atoms with van der Waals surface area (Å²) in [4.78, 5) is 25.2. The van der Waals surface area contributed by atoms with Crippen molar-refractivity contribution in [2.24, 2.45) is 12.5 Å². The van der Waals surface area contributed by atoms with Crippen LogP contribution >= 0.6 is 0 Å². The molecule has 120 valence electrons. The Balaban J connectivity index is 1.78. The molecule has 0 saturated carbocycles. The van der Waals surface area contributed by atoms with Crippen molar-refractivity contribution in [1.82, 2.24) is 9.47 Å². The molecule has 1 atom stereocenters. The topological polar surface area (TPSA) is 62.5 Å². The normalized spacial score (nSPS) is 21.4. The minimum Gasteiger partial charge on any atom is -0.481 e. The maximum Gasteiger partial charge on any atom is 0.311 e. The molecule has 23 heavy (non-hydrogen) atoms. The van der Waals surface area contributed by atoms with E-state index in [1.54, 1.807) is 17.9 Å². The zero-order chi connectivity index (χ0) is 16.6. The predicted octanol–water partition coefficient (Wildman–Crippen LogP) is 2.51. The summed E-state index contributed by atoms with van der Waals surface area (Å²) in [5.41, 5.74) is 1.26. The Bertz CT molecular complexity index is 806. The molecule has 5 heteroatoms. The van der Waals surface area contributed by atoms with Crippen LogP contribution < -0.4 is 0 Å². The van der Waals surface area contributed by atoms with Gasteiger partial charge in [0.2, 0.25) is 5.91 Å². The van der Waals surface area contributed by atoms with Crippen molar-refractivity contribution < 1.29 is 14.7 Å². The van der Waals surface area contributed by atoms with Gasteiger partial charge in [0.25, 0.3) is 0 Å². The molecule has 0 aliphatic carbocycles. The van der Waals surface area contributed by atoms with Crippen molar-refractivity contribution in [1.29, 1.82) is 0 Å². The number of carboxylic acids is 1. The van der Waals surface area contributed by atoms with Crippen LogP contribution in [0.1, 0.15) is 18.9 Å². The van der Waals surface area contributed by atoms with Gasteiger partial charge in [-0.1, -0.05) is 18.2 Å². The molecule has 1 aromatic carbocycles. The molecule has 0 radical (unpaired) electrons. The second-order valence-electron chi connectivity index (χ2n) is 6.42.